The Balaban J connectivity index is 1.71. The van der Waals surface area contributed by atoms with Gasteiger partial charge in [0.25, 0.3) is 0 Å². The SMILES string of the molecule is CCOC(=O)c1ccc(NC(=S)NCCCSc2ccc(OC)cc2)c(C)c1. The number of benzene rings is 2. The van der Waals surface area contributed by atoms with Crippen LogP contribution in [0.25, 0.3) is 0 Å². The fraction of sp³-hybridized carbons (Fsp3) is 0.333. The highest BCUT2D eigenvalue weighted by Crippen LogP contribution is 2.21. The second-order valence-corrected chi connectivity index (χ2v) is 7.59. The Morgan fingerprint density at radius 2 is 1.93 bits per heavy atom. The van der Waals surface area contributed by atoms with Crippen LogP contribution in [-0.4, -0.2) is 37.1 Å². The molecule has 0 heterocycles. The third-order valence-corrected chi connectivity index (χ3v) is 5.27. The number of hydrogen-bond acceptors (Lipinski definition) is 5. The normalized spacial score (nSPS) is 10.2. The Kier molecular flexibility index (Phi) is 9.10. The number of rotatable bonds is 9. The molecule has 7 heteroatoms. The molecule has 2 aromatic carbocycles. The van der Waals surface area contributed by atoms with Gasteiger partial charge in [-0.2, -0.15) is 0 Å². The number of thioether (sulfide) groups is 1. The first-order chi connectivity index (χ1) is 13.5. The van der Waals surface area contributed by atoms with Crippen molar-refractivity contribution in [2.45, 2.75) is 25.2 Å². The predicted molar refractivity (Wildman–Crippen MR) is 120 cm³/mol. The summed E-state index contributed by atoms with van der Waals surface area (Å²) in [6.07, 6.45) is 0.985. The smallest absolute Gasteiger partial charge is 0.338 e. The van der Waals surface area contributed by atoms with E-state index in [0.29, 0.717) is 17.3 Å². The average molecular weight is 419 g/mol. The molecule has 0 aromatic heterocycles. The highest BCUT2D eigenvalue weighted by atomic mass is 32.2. The molecule has 0 bridgehead atoms. The summed E-state index contributed by atoms with van der Waals surface area (Å²) in [5.41, 5.74) is 2.35. The number of thiocarbonyl (C=S) groups is 1. The van der Waals surface area contributed by atoms with E-state index < -0.39 is 0 Å². The van der Waals surface area contributed by atoms with Gasteiger partial charge >= 0.3 is 5.97 Å². The van der Waals surface area contributed by atoms with Crippen LogP contribution in [0.3, 0.4) is 0 Å². The zero-order valence-corrected chi connectivity index (χ0v) is 18.0. The monoisotopic (exact) mass is 418 g/mol. The second kappa shape index (κ2) is 11.6. The van der Waals surface area contributed by atoms with Crippen molar-refractivity contribution in [3.8, 4) is 5.75 Å². The van der Waals surface area contributed by atoms with Crippen LogP contribution in [0.4, 0.5) is 5.69 Å². The topological polar surface area (TPSA) is 59.6 Å². The van der Waals surface area contributed by atoms with Crippen LogP contribution in [0.5, 0.6) is 5.75 Å². The van der Waals surface area contributed by atoms with Crippen molar-refractivity contribution >= 4 is 40.7 Å². The van der Waals surface area contributed by atoms with Gasteiger partial charge in [-0.1, -0.05) is 0 Å². The Hall–Kier alpha value is -2.25. The van der Waals surface area contributed by atoms with E-state index >= 15 is 0 Å². The lowest BCUT2D eigenvalue weighted by Crippen LogP contribution is -2.29. The lowest BCUT2D eigenvalue weighted by molar-refractivity contribution is 0.0526. The van der Waals surface area contributed by atoms with Gasteiger partial charge in [-0.3, -0.25) is 0 Å². The molecule has 0 saturated carbocycles. The maximum atomic E-state index is 11.8. The molecule has 0 radical (unpaired) electrons. The van der Waals surface area contributed by atoms with Gasteiger partial charge in [-0.15, -0.1) is 11.8 Å². The van der Waals surface area contributed by atoms with Gasteiger partial charge in [0.2, 0.25) is 0 Å². The van der Waals surface area contributed by atoms with Crippen molar-refractivity contribution in [3.05, 3.63) is 53.6 Å². The fourth-order valence-corrected chi connectivity index (χ4v) is 3.51. The van der Waals surface area contributed by atoms with E-state index in [-0.39, 0.29) is 5.97 Å². The lowest BCUT2D eigenvalue weighted by atomic mass is 10.1. The zero-order valence-electron chi connectivity index (χ0n) is 16.4. The summed E-state index contributed by atoms with van der Waals surface area (Å²) in [6, 6.07) is 13.4. The summed E-state index contributed by atoms with van der Waals surface area (Å²) in [4.78, 5) is 13.0. The van der Waals surface area contributed by atoms with Gasteiger partial charge in [-0.05, 0) is 86.3 Å². The Bertz CT molecular complexity index is 795. The molecule has 2 aromatic rings. The first-order valence-corrected chi connectivity index (χ1v) is 10.5. The van der Waals surface area contributed by atoms with Gasteiger partial charge in [0.1, 0.15) is 5.75 Å². The van der Waals surface area contributed by atoms with E-state index in [1.54, 1.807) is 37.9 Å². The third kappa shape index (κ3) is 7.05. The molecular weight excluding hydrogens is 392 g/mol. The van der Waals surface area contributed by atoms with Crippen molar-refractivity contribution in [1.29, 1.82) is 0 Å². The Labute approximate surface area is 176 Å². The number of nitrogens with one attached hydrogen (secondary N) is 2. The molecule has 0 atom stereocenters. The molecule has 28 heavy (non-hydrogen) atoms. The minimum absolute atomic E-state index is 0.313. The second-order valence-electron chi connectivity index (χ2n) is 6.01. The molecule has 0 aliphatic heterocycles. The number of hydrogen-bond donors (Lipinski definition) is 2. The van der Waals surface area contributed by atoms with Gasteiger partial charge < -0.3 is 20.1 Å². The van der Waals surface area contributed by atoms with Gasteiger partial charge in [-0.25, -0.2) is 4.79 Å². The summed E-state index contributed by atoms with van der Waals surface area (Å²) in [5, 5.41) is 6.96. The number of carbonyl (C=O) groups excluding carboxylic acids is 1. The summed E-state index contributed by atoms with van der Waals surface area (Å²) in [7, 11) is 1.67. The average Bonchev–Trinajstić information content (AvgIpc) is 2.70. The molecule has 2 N–H and O–H groups in total. The summed E-state index contributed by atoms with van der Waals surface area (Å²) < 4.78 is 10.2. The number of methoxy groups -OCH3 is 1. The molecule has 0 amide bonds. The van der Waals surface area contributed by atoms with Gasteiger partial charge in [0, 0.05) is 17.1 Å². The zero-order chi connectivity index (χ0) is 20.4. The van der Waals surface area contributed by atoms with Gasteiger partial charge in [0.15, 0.2) is 5.11 Å². The largest absolute Gasteiger partial charge is 0.497 e. The van der Waals surface area contributed by atoms with Crippen LogP contribution in [0, 0.1) is 6.92 Å². The van der Waals surface area contributed by atoms with Crippen LogP contribution < -0.4 is 15.4 Å². The number of ether oxygens (including phenoxy) is 2. The predicted octanol–water partition coefficient (Wildman–Crippen LogP) is 4.65. The fourth-order valence-electron chi connectivity index (χ4n) is 2.45. The number of esters is 1. The van der Waals surface area contributed by atoms with Crippen molar-refractivity contribution in [2.75, 3.05) is 31.3 Å². The standard InChI is InChI=1S/C21H26N2O3S2/c1-4-26-20(24)16-6-11-19(15(2)14-16)23-21(27)22-12-5-13-28-18-9-7-17(25-3)8-10-18/h6-11,14H,4-5,12-13H2,1-3H3,(H2,22,23,27). The van der Waals surface area contributed by atoms with Crippen LogP contribution in [-0.2, 0) is 4.74 Å². The Morgan fingerprint density at radius 1 is 1.18 bits per heavy atom. The van der Waals surface area contributed by atoms with Gasteiger partial charge in [0.05, 0.1) is 19.3 Å². The van der Waals surface area contributed by atoms with E-state index in [4.69, 9.17) is 21.7 Å². The van der Waals surface area contributed by atoms with Crippen molar-refractivity contribution in [2.24, 2.45) is 0 Å². The molecule has 0 unspecified atom stereocenters. The molecule has 150 valence electrons. The highest BCUT2D eigenvalue weighted by molar-refractivity contribution is 7.99. The number of aryl methyl sites for hydroxylation is 1. The van der Waals surface area contributed by atoms with Crippen molar-refractivity contribution < 1.29 is 14.3 Å². The molecule has 0 saturated heterocycles. The highest BCUT2D eigenvalue weighted by Gasteiger charge is 2.09. The maximum Gasteiger partial charge on any atom is 0.338 e. The minimum atomic E-state index is -0.313. The maximum absolute atomic E-state index is 11.8. The third-order valence-electron chi connectivity index (χ3n) is 3.92. The van der Waals surface area contributed by atoms with Crippen LogP contribution in [0.2, 0.25) is 0 Å². The summed E-state index contributed by atoms with van der Waals surface area (Å²) in [5.74, 6) is 1.55. The van der Waals surface area contributed by atoms with Crippen molar-refractivity contribution in [3.63, 3.8) is 0 Å². The lowest BCUT2D eigenvalue weighted by Gasteiger charge is -2.13. The van der Waals surface area contributed by atoms with E-state index in [0.717, 1.165) is 35.7 Å². The number of carbonyl (C=O) groups is 1. The summed E-state index contributed by atoms with van der Waals surface area (Å²) >= 11 is 7.16. The van der Waals surface area contributed by atoms with Crippen LogP contribution in [0.1, 0.15) is 29.3 Å². The molecule has 0 spiro atoms. The first-order valence-electron chi connectivity index (χ1n) is 9.13. The molecule has 0 aliphatic carbocycles. The molecule has 0 aliphatic rings. The first kappa shape index (κ1) is 22.0. The number of anilines is 1. The van der Waals surface area contributed by atoms with Crippen molar-refractivity contribution in [1.82, 2.24) is 5.32 Å². The summed E-state index contributed by atoms with van der Waals surface area (Å²) in [6.45, 7) is 4.87. The van der Waals surface area contributed by atoms with E-state index in [2.05, 4.69) is 22.8 Å². The molecule has 2 rings (SSSR count). The molecule has 0 fully saturated rings. The molecular formula is C21H26N2O3S2. The van der Waals surface area contributed by atoms with Crippen LogP contribution in [0.15, 0.2) is 47.4 Å². The van der Waals surface area contributed by atoms with E-state index in [9.17, 15) is 4.79 Å². The minimum Gasteiger partial charge on any atom is -0.497 e. The molecule has 5 nitrogen and oxygen atoms in total. The van der Waals surface area contributed by atoms with E-state index in [1.807, 2.05) is 25.1 Å². The quantitative estimate of drug-likeness (QED) is 0.266. The van der Waals surface area contributed by atoms with Crippen LogP contribution >= 0.6 is 24.0 Å². The van der Waals surface area contributed by atoms with E-state index in [1.165, 1.54) is 4.90 Å². The Morgan fingerprint density at radius 3 is 2.57 bits per heavy atom.